The van der Waals surface area contributed by atoms with Crippen molar-refractivity contribution in [2.45, 2.75) is 45.1 Å². The molecule has 0 bridgehead atoms. The molecule has 2 aromatic rings. The lowest BCUT2D eigenvalue weighted by Gasteiger charge is -2.39. The number of aryl methyl sites for hydroxylation is 1. The van der Waals surface area contributed by atoms with Gasteiger partial charge in [-0.3, -0.25) is 9.59 Å². The lowest BCUT2D eigenvalue weighted by atomic mass is 9.90. The van der Waals surface area contributed by atoms with Gasteiger partial charge >= 0.3 is 0 Å². The number of amides is 2. The van der Waals surface area contributed by atoms with E-state index in [-0.39, 0.29) is 23.8 Å². The van der Waals surface area contributed by atoms with Crippen LogP contribution in [0, 0.1) is 12.8 Å². The fourth-order valence-corrected chi connectivity index (χ4v) is 4.54. The van der Waals surface area contributed by atoms with Crippen LogP contribution in [0.15, 0.2) is 36.7 Å². The van der Waals surface area contributed by atoms with Crippen LogP contribution in [0.25, 0.3) is 0 Å². The predicted octanol–water partition coefficient (Wildman–Crippen LogP) is 3.75. The number of carbonyl (C=O) groups excluding carboxylic acids is 2. The molecule has 2 aliphatic heterocycles. The first-order valence-corrected chi connectivity index (χ1v) is 11.7. The van der Waals surface area contributed by atoms with E-state index in [4.69, 9.17) is 16.3 Å². The van der Waals surface area contributed by atoms with Gasteiger partial charge in [-0.2, -0.15) is 0 Å². The first kappa shape index (κ1) is 22.5. The van der Waals surface area contributed by atoms with E-state index in [2.05, 4.69) is 9.97 Å². The van der Waals surface area contributed by atoms with Gasteiger partial charge in [0, 0.05) is 62.4 Å². The minimum Gasteiger partial charge on any atom is -0.490 e. The normalized spacial score (nSPS) is 21.3. The van der Waals surface area contributed by atoms with Crippen LogP contribution < -0.4 is 4.74 Å². The number of ether oxygens (including phenoxy) is 1. The molecule has 7 nitrogen and oxygen atoms in total. The maximum absolute atomic E-state index is 13.0. The number of likely N-dealkylation sites (tertiary alicyclic amines) is 2. The highest BCUT2D eigenvalue weighted by Crippen LogP contribution is 2.28. The fraction of sp³-hybridized carbons (Fsp3) is 0.500. The molecule has 2 atom stereocenters. The van der Waals surface area contributed by atoms with E-state index >= 15 is 0 Å². The van der Waals surface area contributed by atoms with Crippen LogP contribution in [0.3, 0.4) is 0 Å². The topological polar surface area (TPSA) is 75.6 Å². The molecule has 0 N–H and O–H groups in total. The van der Waals surface area contributed by atoms with Gasteiger partial charge in [-0.25, -0.2) is 9.97 Å². The highest BCUT2D eigenvalue weighted by Gasteiger charge is 2.36. The summed E-state index contributed by atoms with van der Waals surface area (Å²) >= 11 is 6.00. The predicted molar refractivity (Wildman–Crippen MR) is 122 cm³/mol. The number of hydrogen-bond acceptors (Lipinski definition) is 5. The number of hydrogen-bond donors (Lipinski definition) is 0. The number of aromatic nitrogens is 2. The zero-order valence-electron chi connectivity index (χ0n) is 18.4. The van der Waals surface area contributed by atoms with Crippen LogP contribution in [0.5, 0.6) is 5.75 Å². The van der Waals surface area contributed by atoms with Crippen molar-refractivity contribution in [2.24, 2.45) is 5.92 Å². The molecule has 4 rings (SSSR count). The molecule has 2 fully saturated rings. The number of nitrogens with zero attached hydrogens (tertiary/aromatic N) is 4. The molecule has 0 spiro atoms. The fourth-order valence-electron chi connectivity index (χ4n) is 4.42. The lowest BCUT2D eigenvalue weighted by molar-refractivity contribution is -0.134. The van der Waals surface area contributed by atoms with Gasteiger partial charge in [0.25, 0.3) is 5.91 Å². The summed E-state index contributed by atoms with van der Waals surface area (Å²) < 4.78 is 6.27. The maximum atomic E-state index is 13.0. The highest BCUT2D eigenvalue weighted by molar-refractivity contribution is 6.30. The Kier molecular flexibility index (Phi) is 7.25. The average molecular weight is 457 g/mol. The Morgan fingerprint density at radius 1 is 1.03 bits per heavy atom. The Labute approximate surface area is 193 Å². The smallest absolute Gasteiger partial charge is 0.257 e. The van der Waals surface area contributed by atoms with Gasteiger partial charge in [0.2, 0.25) is 5.91 Å². The molecule has 2 amide bonds. The zero-order valence-corrected chi connectivity index (χ0v) is 19.1. The molecule has 2 aliphatic rings. The zero-order chi connectivity index (χ0) is 22.5. The molecule has 0 radical (unpaired) electrons. The second kappa shape index (κ2) is 10.3. The van der Waals surface area contributed by atoms with Crippen molar-refractivity contribution in [1.29, 1.82) is 0 Å². The number of piperidine rings is 2. The second-order valence-electron chi connectivity index (χ2n) is 8.57. The number of carbonyl (C=O) groups is 2. The van der Waals surface area contributed by atoms with Gasteiger partial charge < -0.3 is 14.5 Å². The molecule has 1 aromatic carbocycles. The molecule has 0 unspecified atom stereocenters. The third-order valence-electron chi connectivity index (χ3n) is 6.23. The summed E-state index contributed by atoms with van der Waals surface area (Å²) in [5.74, 6) is 1.30. The van der Waals surface area contributed by atoms with Crippen molar-refractivity contribution in [3.05, 3.63) is 53.1 Å². The lowest BCUT2D eigenvalue weighted by Crippen LogP contribution is -2.50. The van der Waals surface area contributed by atoms with Crippen molar-refractivity contribution in [2.75, 3.05) is 26.2 Å². The molecular weight excluding hydrogens is 428 g/mol. The van der Waals surface area contributed by atoms with Crippen molar-refractivity contribution in [1.82, 2.24) is 19.8 Å². The van der Waals surface area contributed by atoms with E-state index in [1.807, 2.05) is 17.0 Å². The molecule has 1 aromatic heterocycles. The molecule has 170 valence electrons. The van der Waals surface area contributed by atoms with Crippen molar-refractivity contribution in [3.8, 4) is 5.75 Å². The number of benzene rings is 1. The average Bonchev–Trinajstić information content (AvgIpc) is 2.82. The first-order chi connectivity index (χ1) is 15.5. The Morgan fingerprint density at radius 3 is 2.41 bits per heavy atom. The van der Waals surface area contributed by atoms with Crippen molar-refractivity contribution >= 4 is 23.4 Å². The summed E-state index contributed by atoms with van der Waals surface area (Å²) in [6, 6.07) is 7.27. The molecule has 32 heavy (non-hydrogen) atoms. The van der Waals surface area contributed by atoms with E-state index in [0.29, 0.717) is 42.3 Å². The van der Waals surface area contributed by atoms with Crippen molar-refractivity contribution < 1.29 is 14.3 Å². The van der Waals surface area contributed by atoms with Gasteiger partial charge in [0.05, 0.1) is 5.56 Å². The summed E-state index contributed by atoms with van der Waals surface area (Å²) in [5, 5.41) is 0.648. The van der Waals surface area contributed by atoms with Crippen molar-refractivity contribution in [3.63, 3.8) is 0 Å². The third-order valence-corrected chi connectivity index (χ3v) is 6.48. The number of halogens is 1. The van der Waals surface area contributed by atoms with E-state index in [1.54, 1.807) is 36.4 Å². The largest absolute Gasteiger partial charge is 0.490 e. The quantitative estimate of drug-likeness (QED) is 0.684. The third kappa shape index (κ3) is 5.57. The SMILES string of the molecule is Cc1ncc(C(=O)N2CC[C@H](Oc3ccc(Cl)cc3)[C@@H](CC(=O)N3CCCCC3)C2)cn1. The van der Waals surface area contributed by atoms with E-state index < -0.39 is 0 Å². The summed E-state index contributed by atoms with van der Waals surface area (Å²) in [6.07, 6.45) is 7.28. The van der Waals surface area contributed by atoms with E-state index in [0.717, 1.165) is 31.7 Å². The minimum atomic E-state index is -0.150. The Morgan fingerprint density at radius 2 is 1.72 bits per heavy atom. The molecule has 2 saturated heterocycles. The van der Waals surface area contributed by atoms with Gasteiger partial charge in [-0.05, 0) is 50.5 Å². The summed E-state index contributed by atoms with van der Waals surface area (Å²) in [6.45, 7) is 4.44. The van der Waals surface area contributed by atoms with Crippen LogP contribution in [-0.2, 0) is 4.79 Å². The summed E-state index contributed by atoms with van der Waals surface area (Å²) in [7, 11) is 0. The second-order valence-corrected chi connectivity index (χ2v) is 9.01. The van der Waals surface area contributed by atoms with Crippen LogP contribution in [0.1, 0.15) is 48.3 Å². The van der Waals surface area contributed by atoms with E-state index in [1.165, 1.54) is 6.42 Å². The van der Waals surface area contributed by atoms with Crippen LogP contribution >= 0.6 is 11.6 Å². The van der Waals surface area contributed by atoms with Gasteiger partial charge in [-0.1, -0.05) is 11.6 Å². The standard InChI is InChI=1S/C24H29ClN4O3/c1-17-26-14-19(15-27-17)24(31)29-12-9-22(32-21-7-5-20(25)6-8-21)18(16-29)13-23(30)28-10-3-2-4-11-28/h5-8,14-15,18,22H,2-4,9-13,16H2,1H3/t18-,22-/m0/s1. The van der Waals surface area contributed by atoms with Gasteiger partial charge in [-0.15, -0.1) is 0 Å². The minimum absolute atomic E-state index is 0.0934. The molecule has 3 heterocycles. The first-order valence-electron chi connectivity index (χ1n) is 11.3. The Bertz CT molecular complexity index is 929. The van der Waals surface area contributed by atoms with E-state index in [9.17, 15) is 9.59 Å². The summed E-state index contributed by atoms with van der Waals surface area (Å²) in [5.41, 5.74) is 0.466. The van der Waals surface area contributed by atoms with Crippen LogP contribution in [-0.4, -0.2) is 63.9 Å². The number of rotatable bonds is 5. The van der Waals surface area contributed by atoms with Crippen LogP contribution in [0.4, 0.5) is 0 Å². The maximum Gasteiger partial charge on any atom is 0.257 e. The monoisotopic (exact) mass is 456 g/mol. The molecule has 0 saturated carbocycles. The van der Waals surface area contributed by atoms with Gasteiger partial charge in [0.15, 0.2) is 0 Å². The van der Waals surface area contributed by atoms with Gasteiger partial charge in [0.1, 0.15) is 17.7 Å². The Hall–Kier alpha value is -2.67. The molecular formula is C24H29ClN4O3. The molecule has 0 aliphatic carbocycles. The Balaban J connectivity index is 1.48. The van der Waals surface area contributed by atoms with Crippen LogP contribution in [0.2, 0.25) is 5.02 Å². The molecule has 8 heteroatoms. The summed E-state index contributed by atoms with van der Waals surface area (Å²) in [4.78, 5) is 38.1. The highest BCUT2D eigenvalue weighted by atomic mass is 35.5.